The molecule has 1 heterocycles. The van der Waals surface area contributed by atoms with Crippen molar-refractivity contribution in [3.8, 4) is 0 Å². The molecule has 1 saturated carbocycles. The van der Waals surface area contributed by atoms with Gasteiger partial charge in [-0.3, -0.25) is 14.8 Å². The van der Waals surface area contributed by atoms with E-state index in [0.717, 1.165) is 25.5 Å². The van der Waals surface area contributed by atoms with Gasteiger partial charge in [-0.05, 0) is 19.3 Å². The van der Waals surface area contributed by atoms with E-state index in [1.165, 1.54) is 4.68 Å². The van der Waals surface area contributed by atoms with Crippen molar-refractivity contribution in [3.05, 3.63) is 22.0 Å². The molecule has 0 amide bonds. The number of hydrogen-bond acceptors (Lipinski definition) is 3. The lowest BCUT2D eigenvalue weighted by atomic mass is 9.93. The molecule has 0 bridgehead atoms. The lowest BCUT2D eigenvalue weighted by molar-refractivity contribution is -0.386. The first-order valence-corrected chi connectivity index (χ1v) is 4.61. The Kier molecular flexibility index (Phi) is 2.37. The monoisotopic (exact) mass is 217 g/mol. The van der Waals surface area contributed by atoms with E-state index < -0.39 is 22.7 Å². The molecule has 1 aromatic heterocycles. The van der Waals surface area contributed by atoms with E-state index in [-0.39, 0.29) is 6.04 Å². The van der Waals surface area contributed by atoms with Crippen LogP contribution in [0.3, 0.4) is 0 Å². The zero-order valence-corrected chi connectivity index (χ0v) is 7.77. The van der Waals surface area contributed by atoms with Crippen LogP contribution in [0.1, 0.15) is 37.4 Å². The van der Waals surface area contributed by atoms with Crippen molar-refractivity contribution in [1.82, 2.24) is 9.78 Å². The maximum absolute atomic E-state index is 12.4. The van der Waals surface area contributed by atoms with Gasteiger partial charge in [-0.25, -0.2) is 8.78 Å². The van der Waals surface area contributed by atoms with Gasteiger partial charge in [0.2, 0.25) is 5.69 Å². The van der Waals surface area contributed by atoms with E-state index in [1.54, 1.807) is 0 Å². The Labute approximate surface area is 83.8 Å². The highest BCUT2D eigenvalue weighted by Crippen LogP contribution is 2.35. The standard InChI is InChI=1S/C8H9F2N3O2/c9-8(10)7-6(13(14)15)4-12(11-7)5-2-1-3-5/h4-5,8H,1-3H2. The third-order valence-electron chi connectivity index (χ3n) is 2.59. The number of rotatable bonds is 3. The molecule has 1 fully saturated rings. The van der Waals surface area contributed by atoms with Gasteiger partial charge in [0.1, 0.15) is 6.20 Å². The average Bonchev–Trinajstić information content (AvgIpc) is 2.45. The first kappa shape index (κ1) is 10.0. The largest absolute Gasteiger partial charge is 0.316 e. The second-order valence-electron chi connectivity index (χ2n) is 3.52. The molecular formula is C8H9F2N3O2. The molecule has 15 heavy (non-hydrogen) atoms. The summed E-state index contributed by atoms with van der Waals surface area (Å²) in [5, 5.41) is 14.1. The van der Waals surface area contributed by atoms with Gasteiger partial charge in [0.25, 0.3) is 6.43 Å². The lowest BCUT2D eigenvalue weighted by Crippen LogP contribution is -2.17. The van der Waals surface area contributed by atoms with Gasteiger partial charge >= 0.3 is 5.69 Å². The molecular weight excluding hydrogens is 208 g/mol. The molecule has 0 aromatic carbocycles. The van der Waals surface area contributed by atoms with Gasteiger partial charge in [0.15, 0.2) is 0 Å². The minimum absolute atomic E-state index is 0.0520. The number of hydrogen-bond donors (Lipinski definition) is 0. The summed E-state index contributed by atoms with van der Waals surface area (Å²) < 4.78 is 26.1. The van der Waals surface area contributed by atoms with Gasteiger partial charge in [0, 0.05) is 0 Å². The molecule has 5 nitrogen and oxygen atoms in total. The van der Waals surface area contributed by atoms with Gasteiger partial charge in [-0.2, -0.15) is 5.10 Å². The molecule has 0 aliphatic heterocycles. The normalized spacial score (nSPS) is 16.7. The SMILES string of the molecule is O=[N+]([O-])c1cn(C2CCC2)nc1C(F)F. The Morgan fingerprint density at radius 3 is 2.60 bits per heavy atom. The number of alkyl halides is 2. The number of nitrogens with zero attached hydrogens (tertiary/aromatic N) is 3. The van der Waals surface area contributed by atoms with E-state index >= 15 is 0 Å². The molecule has 7 heteroatoms. The van der Waals surface area contributed by atoms with Crippen LogP contribution >= 0.6 is 0 Å². The summed E-state index contributed by atoms with van der Waals surface area (Å²) in [6.07, 6.45) is 0.920. The van der Waals surface area contributed by atoms with Crippen molar-refractivity contribution in [1.29, 1.82) is 0 Å². The van der Waals surface area contributed by atoms with Crippen LogP contribution in [0.4, 0.5) is 14.5 Å². The van der Waals surface area contributed by atoms with Crippen molar-refractivity contribution in [2.24, 2.45) is 0 Å². The minimum Gasteiger partial charge on any atom is -0.262 e. The molecule has 1 aliphatic rings. The molecule has 0 radical (unpaired) electrons. The molecule has 0 atom stereocenters. The van der Waals surface area contributed by atoms with Crippen molar-refractivity contribution in [2.45, 2.75) is 31.7 Å². The topological polar surface area (TPSA) is 61.0 Å². The first-order chi connectivity index (χ1) is 7.09. The van der Waals surface area contributed by atoms with Crippen molar-refractivity contribution in [2.75, 3.05) is 0 Å². The fraction of sp³-hybridized carbons (Fsp3) is 0.625. The highest BCUT2D eigenvalue weighted by Gasteiger charge is 2.30. The molecule has 1 aromatic rings. The highest BCUT2D eigenvalue weighted by atomic mass is 19.3. The molecule has 0 spiro atoms. The molecule has 1 aliphatic carbocycles. The molecule has 0 saturated heterocycles. The van der Waals surface area contributed by atoms with E-state index in [0.29, 0.717) is 0 Å². The summed E-state index contributed by atoms with van der Waals surface area (Å²) in [5.41, 5.74) is -1.32. The lowest BCUT2D eigenvalue weighted by Gasteiger charge is -2.25. The zero-order valence-electron chi connectivity index (χ0n) is 7.77. The smallest absolute Gasteiger partial charge is 0.262 e. The Morgan fingerprint density at radius 1 is 1.60 bits per heavy atom. The van der Waals surface area contributed by atoms with E-state index in [4.69, 9.17) is 0 Å². The fourth-order valence-corrected chi connectivity index (χ4v) is 1.53. The summed E-state index contributed by atoms with van der Waals surface area (Å²) in [6, 6.07) is 0.0520. The van der Waals surface area contributed by atoms with Crippen LogP contribution in [-0.2, 0) is 0 Å². The third-order valence-corrected chi connectivity index (χ3v) is 2.59. The highest BCUT2D eigenvalue weighted by molar-refractivity contribution is 5.33. The predicted molar refractivity (Wildman–Crippen MR) is 46.7 cm³/mol. The van der Waals surface area contributed by atoms with Crippen LogP contribution in [0.25, 0.3) is 0 Å². The Balaban J connectivity index is 2.34. The fourth-order valence-electron chi connectivity index (χ4n) is 1.53. The molecule has 0 unspecified atom stereocenters. The predicted octanol–water partition coefficient (Wildman–Crippen LogP) is 2.45. The quantitative estimate of drug-likeness (QED) is 0.577. The van der Waals surface area contributed by atoms with Crippen LogP contribution in [0.15, 0.2) is 6.20 Å². The zero-order chi connectivity index (χ0) is 11.0. The second-order valence-corrected chi connectivity index (χ2v) is 3.52. The van der Waals surface area contributed by atoms with E-state index in [2.05, 4.69) is 5.10 Å². The van der Waals surface area contributed by atoms with Gasteiger partial charge in [-0.15, -0.1) is 0 Å². The molecule has 82 valence electrons. The maximum atomic E-state index is 12.4. The minimum atomic E-state index is -2.90. The summed E-state index contributed by atoms with van der Waals surface area (Å²) in [6.45, 7) is 0. The van der Waals surface area contributed by atoms with Crippen LogP contribution in [0.2, 0.25) is 0 Å². The Bertz CT molecular complexity index is 387. The second kappa shape index (κ2) is 3.56. The Morgan fingerprint density at radius 2 is 2.27 bits per heavy atom. The number of halogens is 2. The summed E-state index contributed by atoms with van der Waals surface area (Å²) in [7, 11) is 0. The van der Waals surface area contributed by atoms with Crippen LogP contribution in [0.5, 0.6) is 0 Å². The van der Waals surface area contributed by atoms with Gasteiger partial charge in [0.05, 0.1) is 11.0 Å². The van der Waals surface area contributed by atoms with Crippen molar-refractivity contribution < 1.29 is 13.7 Å². The molecule has 2 rings (SSSR count). The number of aromatic nitrogens is 2. The molecule has 0 N–H and O–H groups in total. The Hall–Kier alpha value is -1.53. The van der Waals surface area contributed by atoms with Crippen LogP contribution in [0, 0.1) is 10.1 Å². The van der Waals surface area contributed by atoms with Crippen molar-refractivity contribution >= 4 is 5.69 Å². The summed E-state index contributed by atoms with van der Waals surface area (Å²) in [4.78, 5) is 9.67. The van der Waals surface area contributed by atoms with E-state index in [9.17, 15) is 18.9 Å². The van der Waals surface area contributed by atoms with Gasteiger partial charge in [-0.1, -0.05) is 0 Å². The summed E-state index contributed by atoms with van der Waals surface area (Å²) >= 11 is 0. The van der Waals surface area contributed by atoms with Crippen molar-refractivity contribution in [3.63, 3.8) is 0 Å². The average molecular weight is 217 g/mol. The van der Waals surface area contributed by atoms with Gasteiger partial charge < -0.3 is 0 Å². The first-order valence-electron chi connectivity index (χ1n) is 4.61. The number of nitro groups is 1. The van der Waals surface area contributed by atoms with Crippen LogP contribution in [-0.4, -0.2) is 14.7 Å². The van der Waals surface area contributed by atoms with Crippen LogP contribution < -0.4 is 0 Å². The van der Waals surface area contributed by atoms with E-state index in [1.807, 2.05) is 0 Å². The maximum Gasteiger partial charge on any atom is 0.316 e. The third kappa shape index (κ3) is 1.69. The summed E-state index contributed by atoms with van der Waals surface area (Å²) in [5.74, 6) is 0.